The molecule has 0 amide bonds. The highest BCUT2D eigenvalue weighted by atomic mass is 16.5. The standard InChI is InChI=1S/C27H32N4O2/c1-3-33-27(32)23-18-28-24-16-21-10-7-11-31(19-20-8-5-4-6-9-20)25(21)17-22(24)26(23)30-14-12-29(2)13-15-30/h4-6,8-9,16-18H,3,7,10-15,19H2,1-2H3. The lowest BCUT2D eigenvalue weighted by Gasteiger charge is -2.36. The van der Waals surface area contributed by atoms with Crippen LogP contribution in [0, 0.1) is 0 Å². The number of piperazine rings is 1. The number of hydrogen-bond acceptors (Lipinski definition) is 6. The molecule has 1 aromatic heterocycles. The molecule has 6 heteroatoms. The van der Waals surface area contributed by atoms with Crippen LogP contribution in [0.25, 0.3) is 10.9 Å². The third kappa shape index (κ3) is 4.40. The zero-order valence-electron chi connectivity index (χ0n) is 19.6. The van der Waals surface area contributed by atoms with Gasteiger partial charge in [-0.15, -0.1) is 0 Å². The quantitative estimate of drug-likeness (QED) is 0.552. The Kier molecular flexibility index (Phi) is 6.18. The van der Waals surface area contributed by atoms with E-state index in [4.69, 9.17) is 9.72 Å². The molecule has 0 radical (unpaired) electrons. The third-order valence-electron chi connectivity index (χ3n) is 6.79. The number of anilines is 2. The summed E-state index contributed by atoms with van der Waals surface area (Å²) in [6.45, 7) is 7.82. The van der Waals surface area contributed by atoms with E-state index in [0.717, 1.165) is 68.7 Å². The maximum atomic E-state index is 12.9. The van der Waals surface area contributed by atoms with Crippen molar-refractivity contribution in [2.45, 2.75) is 26.3 Å². The van der Waals surface area contributed by atoms with Crippen LogP contribution in [0.2, 0.25) is 0 Å². The predicted molar refractivity (Wildman–Crippen MR) is 133 cm³/mol. The first-order valence-corrected chi connectivity index (χ1v) is 12.0. The van der Waals surface area contributed by atoms with Crippen molar-refractivity contribution in [3.8, 4) is 0 Å². The van der Waals surface area contributed by atoms with Crippen molar-refractivity contribution in [2.75, 3.05) is 56.2 Å². The number of carbonyl (C=O) groups is 1. The van der Waals surface area contributed by atoms with Gasteiger partial charge in [0.15, 0.2) is 0 Å². The van der Waals surface area contributed by atoms with E-state index in [0.29, 0.717) is 12.2 Å². The van der Waals surface area contributed by atoms with E-state index in [2.05, 4.69) is 64.2 Å². The lowest BCUT2D eigenvalue weighted by molar-refractivity contribution is 0.0526. The Labute approximate surface area is 195 Å². The molecule has 2 aliphatic rings. The van der Waals surface area contributed by atoms with Crippen molar-refractivity contribution in [1.29, 1.82) is 0 Å². The van der Waals surface area contributed by atoms with E-state index in [1.165, 1.54) is 16.8 Å². The second kappa shape index (κ2) is 9.40. The maximum Gasteiger partial charge on any atom is 0.341 e. The molecule has 1 saturated heterocycles. The normalized spacial score (nSPS) is 16.7. The van der Waals surface area contributed by atoms with Crippen LogP contribution in [0.15, 0.2) is 48.7 Å². The molecule has 3 aromatic rings. The summed E-state index contributed by atoms with van der Waals surface area (Å²) in [6, 6.07) is 15.1. The number of esters is 1. The minimum Gasteiger partial charge on any atom is -0.462 e. The number of pyridine rings is 1. The number of carbonyl (C=O) groups excluding carboxylic acids is 1. The topological polar surface area (TPSA) is 48.9 Å². The molecule has 0 unspecified atom stereocenters. The first-order chi connectivity index (χ1) is 16.1. The Hall–Kier alpha value is -3.12. The number of likely N-dealkylation sites (N-methyl/N-ethyl adjacent to an activating group) is 1. The Morgan fingerprint density at radius 1 is 1.06 bits per heavy atom. The van der Waals surface area contributed by atoms with Gasteiger partial charge in [0.25, 0.3) is 0 Å². The molecule has 1 fully saturated rings. The second-order valence-electron chi connectivity index (χ2n) is 9.04. The van der Waals surface area contributed by atoms with Crippen LogP contribution in [0.3, 0.4) is 0 Å². The second-order valence-corrected chi connectivity index (χ2v) is 9.04. The van der Waals surface area contributed by atoms with Crippen LogP contribution >= 0.6 is 0 Å². The van der Waals surface area contributed by atoms with Gasteiger partial charge in [0.1, 0.15) is 5.56 Å². The highest BCUT2D eigenvalue weighted by molar-refractivity contribution is 6.06. The van der Waals surface area contributed by atoms with Crippen molar-refractivity contribution in [1.82, 2.24) is 9.88 Å². The van der Waals surface area contributed by atoms with Crippen LogP contribution in [-0.4, -0.2) is 62.2 Å². The summed E-state index contributed by atoms with van der Waals surface area (Å²) in [4.78, 5) is 24.8. The molecule has 2 aliphatic heterocycles. The van der Waals surface area contributed by atoms with Gasteiger partial charge in [-0.3, -0.25) is 4.98 Å². The highest BCUT2D eigenvalue weighted by Crippen LogP contribution is 2.38. The average molecular weight is 445 g/mol. The van der Waals surface area contributed by atoms with Gasteiger partial charge in [0.05, 0.1) is 17.8 Å². The number of hydrogen-bond donors (Lipinski definition) is 0. The molecule has 5 rings (SSSR count). The first kappa shape index (κ1) is 21.7. The lowest BCUT2D eigenvalue weighted by atomic mass is 9.97. The lowest BCUT2D eigenvalue weighted by Crippen LogP contribution is -2.45. The largest absolute Gasteiger partial charge is 0.462 e. The minimum atomic E-state index is -0.292. The smallest absolute Gasteiger partial charge is 0.341 e. The fraction of sp³-hybridized carbons (Fsp3) is 0.407. The van der Waals surface area contributed by atoms with Gasteiger partial charge in [0.2, 0.25) is 0 Å². The molecular weight excluding hydrogens is 412 g/mol. The molecule has 0 aliphatic carbocycles. The molecule has 0 atom stereocenters. The minimum absolute atomic E-state index is 0.292. The van der Waals surface area contributed by atoms with Crippen molar-refractivity contribution < 1.29 is 9.53 Å². The number of nitrogens with zero attached hydrogens (tertiary/aromatic N) is 4. The molecular formula is C27H32N4O2. The highest BCUT2D eigenvalue weighted by Gasteiger charge is 2.26. The first-order valence-electron chi connectivity index (χ1n) is 12.0. The fourth-order valence-corrected chi connectivity index (χ4v) is 5.03. The van der Waals surface area contributed by atoms with Gasteiger partial charge in [0, 0.05) is 56.5 Å². The van der Waals surface area contributed by atoms with Crippen molar-refractivity contribution >= 4 is 28.2 Å². The Morgan fingerprint density at radius 3 is 2.61 bits per heavy atom. The van der Waals surface area contributed by atoms with Crippen molar-refractivity contribution in [3.63, 3.8) is 0 Å². The van der Waals surface area contributed by atoms with E-state index >= 15 is 0 Å². The Bertz CT molecular complexity index is 1140. The van der Waals surface area contributed by atoms with Gasteiger partial charge in [-0.05, 0) is 50.1 Å². The van der Waals surface area contributed by atoms with Crippen LogP contribution in [0.4, 0.5) is 11.4 Å². The van der Waals surface area contributed by atoms with E-state index in [1.54, 1.807) is 6.20 Å². The monoisotopic (exact) mass is 444 g/mol. The van der Waals surface area contributed by atoms with Gasteiger partial charge < -0.3 is 19.4 Å². The average Bonchev–Trinajstić information content (AvgIpc) is 2.84. The van der Waals surface area contributed by atoms with Gasteiger partial charge in [-0.1, -0.05) is 30.3 Å². The number of fused-ring (bicyclic) bond motifs is 2. The van der Waals surface area contributed by atoms with Gasteiger partial charge >= 0.3 is 5.97 Å². The summed E-state index contributed by atoms with van der Waals surface area (Å²) in [5.41, 5.74) is 6.40. The summed E-state index contributed by atoms with van der Waals surface area (Å²) < 4.78 is 5.42. The van der Waals surface area contributed by atoms with E-state index < -0.39 is 0 Å². The SMILES string of the molecule is CCOC(=O)c1cnc2cc3c(cc2c1N1CCN(C)CC1)N(Cc1ccccc1)CCC3. The molecule has 0 bridgehead atoms. The van der Waals surface area contributed by atoms with E-state index in [-0.39, 0.29) is 5.97 Å². The summed E-state index contributed by atoms with van der Waals surface area (Å²) >= 11 is 0. The molecule has 6 nitrogen and oxygen atoms in total. The zero-order chi connectivity index (χ0) is 22.8. The van der Waals surface area contributed by atoms with Crippen molar-refractivity contribution in [3.05, 3.63) is 65.4 Å². The van der Waals surface area contributed by atoms with Crippen LogP contribution in [0.5, 0.6) is 0 Å². The molecule has 172 valence electrons. The molecule has 0 spiro atoms. The van der Waals surface area contributed by atoms with Crippen molar-refractivity contribution in [2.24, 2.45) is 0 Å². The van der Waals surface area contributed by atoms with Gasteiger partial charge in [-0.25, -0.2) is 4.79 Å². The molecule has 0 N–H and O–H groups in total. The summed E-state index contributed by atoms with van der Waals surface area (Å²) in [5.74, 6) is -0.292. The number of rotatable bonds is 5. The summed E-state index contributed by atoms with van der Waals surface area (Å²) in [7, 11) is 2.14. The van der Waals surface area contributed by atoms with Gasteiger partial charge in [-0.2, -0.15) is 0 Å². The molecule has 33 heavy (non-hydrogen) atoms. The van der Waals surface area contributed by atoms with E-state index in [9.17, 15) is 4.79 Å². The number of benzene rings is 2. The maximum absolute atomic E-state index is 12.9. The Balaban J connectivity index is 1.62. The summed E-state index contributed by atoms with van der Waals surface area (Å²) in [5, 5.41) is 1.05. The zero-order valence-corrected chi connectivity index (χ0v) is 19.6. The fourth-order valence-electron chi connectivity index (χ4n) is 5.03. The summed E-state index contributed by atoms with van der Waals surface area (Å²) in [6.07, 6.45) is 3.91. The number of aryl methyl sites for hydroxylation is 1. The number of ether oxygens (including phenoxy) is 1. The molecule has 3 heterocycles. The van der Waals surface area contributed by atoms with Crippen LogP contribution < -0.4 is 9.80 Å². The third-order valence-corrected chi connectivity index (χ3v) is 6.79. The number of aromatic nitrogens is 1. The molecule has 0 saturated carbocycles. The van der Waals surface area contributed by atoms with Crippen LogP contribution in [0.1, 0.15) is 34.8 Å². The predicted octanol–water partition coefficient (Wildman–Crippen LogP) is 4.12. The Morgan fingerprint density at radius 2 is 1.85 bits per heavy atom. The van der Waals surface area contributed by atoms with Crippen LogP contribution in [-0.2, 0) is 17.7 Å². The van der Waals surface area contributed by atoms with E-state index in [1.807, 2.05) is 6.92 Å². The molecule has 2 aromatic carbocycles.